The van der Waals surface area contributed by atoms with Crippen molar-refractivity contribution in [1.82, 2.24) is 15.0 Å². The van der Waals surface area contributed by atoms with Gasteiger partial charge < -0.3 is 15.2 Å². The number of hydrogen-bond donors (Lipinski definition) is 1. The topological polar surface area (TPSA) is 71.4 Å². The van der Waals surface area contributed by atoms with E-state index in [1.165, 1.54) is 5.69 Å². The Morgan fingerprint density at radius 2 is 1.57 bits per heavy atom. The number of nitrogens with two attached hydrogens (primary N) is 1. The van der Waals surface area contributed by atoms with Crippen molar-refractivity contribution < 1.29 is 4.52 Å². The molecule has 3 aromatic rings. The summed E-state index contributed by atoms with van der Waals surface area (Å²) in [5.74, 6) is 1.13. The summed E-state index contributed by atoms with van der Waals surface area (Å²) in [5.41, 5.74) is 9.83. The number of nitrogens with zero attached hydrogens (tertiary/aromatic N) is 4. The Hall–Kier alpha value is -2.70. The molecule has 0 bridgehead atoms. The Kier molecular flexibility index (Phi) is 5.41. The molecule has 1 saturated heterocycles. The molecule has 6 heteroatoms. The second-order valence-electron chi connectivity index (χ2n) is 7.49. The molecule has 4 rings (SSSR count). The maximum Gasteiger partial charge on any atom is 0.258 e. The molecule has 0 aliphatic carbocycles. The van der Waals surface area contributed by atoms with Crippen LogP contribution in [0.2, 0.25) is 0 Å². The van der Waals surface area contributed by atoms with E-state index in [0.717, 1.165) is 42.9 Å². The van der Waals surface area contributed by atoms with E-state index in [9.17, 15) is 0 Å². The minimum Gasteiger partial charge on any atom is -0.369 e. The van der Waals surface area contributed by atoms with E-state index < -0.39 is 0 Å². The fourth-order valence-electron chi connectivity index (χ4n) is 3.56. The molecule has 0 saturated carbocycles. The van der Waals surface area contributed by atoms with Crippen LogP contribution in [0.1, 0.15) is 19.4 Å². The third kappa shape index (κ3) is 3.93. The fraction of sp³-hybridized carbons (Fsp3) is 0.364. The van der Waals surface area contributed by atoms with Crippen LogP contribution in [0.15, 0.2) is 53.1 Å². The second-order valence-corrected chi connectivity index (χ2v) is 7.49. The summed E-state index contributed by atoms with van der Waals surface area (Å²) in [6.07, 6.45) is 0. The smallest absolute Gasteiger partial charge is 0.258 e. The van der Waals surface area contributed by atoms with Gasteiger partial charge >= 0.3 is 0 Å². The van der Waals surface area contributed by atoms with Crippen molar-refractivity contribution in [1.29, 1.82) is 0 Å². The molecular formula is C22H27N5O. The number of rotatable bonds is 5. The summed E-state index contributed by atoms with van der Waals surface area (Å²) in [4.78, 5) is 9.50. The Bertz CT molecular complexity index is 893. The lowest BCUT2D eigenvalue weighted by molar-refractivity contribution is 0.209. The molecule has 1 fully saturated rings. The molecule has 1 aliphatic rings. The molecule has 1 aliphatic heterocycles. The van der Waals surface area contributed by atoms with Gasteiger partial charge in [-0.15, -0.1) is 0 Å². The van der Waals surface area contributed by atoms with Gasteiger partial charge in [-0.25, -0.2) is 0 Å². The van der Waals surface area contributed by atoms with E-state index in [0.29, 0.717) is 24.3 Å². The first-order chi connectivity index (χ1) is 13.6. The number of piperazine rings is 1. The summed E-state index contributed by atoms with van der Waals surface area (Å²) >= 11 is 0. The van der Waals surface area contributed by atoms with Crippen molar-refractivity contribution in [2.24, 2.45) is 5.73 Å². The lowest BCUT2D eigenvalue weighted by Gasteiger charge is -2.38. The first-order valence-corrected chi connectivity index (χ1v) is 9.86. The lowest BCUT2D eigenvalue weighted by Crippen LogP contribution is -2.48. The van der Waals surface area contributed by atoms with Gasteiger partial charge in [0.2, 0.25) is 5.82 Å². The normalized spacial score (nSPS) is 15.4. The zero-order valence-electron chi connectivity index (χ0n) is 16.5. The molecule has 0 spiro atoms. The highest BCUT2D eigenvalue weighted by Crippen LogP contribution is 2.25. The van der Waals surface area contributed by atoms with Crippen LogP contribution in [-0.4, -0.2) is 47.3 Å². The van der Waals surface area contributed by atoms with Gasteiger partial charge in [0.15, 0.2) is 0 Å². The minimum atomic E-state index is 0.524. The number of anilines is 1. The highest BCUT2D eigenvalue weighted by molar-refractivity contribution is 5.62. The Labute approximate surface area is 166 Å². The van der Waals surface area contributed by atoms with Gasteiger partial charge in [-0.1, -0.05) is 29.4 Å². The molecule has 2 aromatic carbocycles. The number of hydrogen-bond acceptors (Lipinski definition) is 6. The summed E-state index contributed by atoms with van der Waals surface area (Å²) in [6, 6.07) is 16.9. The van der Waals surface area contributed by atoms with Crippen molar-refractivity contribution in [2.45, 2.75) is 26.4 Å². The predicted octanol–water partition coefficient (Wildman–Crippen LogP) is 3.39. The second kappa shape index (κ2) is 8.12. The van der Waals surface area contributed by atoms with E-state index in [1.54, 1.807) is 0 Å². The Balaban J connectivity index is 1.45. The third-order valence-electron chi connectivity index (χ3n) is 5.40. The van der Waals surface area contributed by atoms with Crippen LogP contribution in [-0.2, 0) is 6.54 Å². The van der Waals surface area contributed by atoms with Crippen molar-refractivity contribution in [3.05, 3.63) is 54.1 Å². The van der Waals surface area contributed by atoms with Crippen molar-refractivity contribution in [3.63, 3.8) is 0 Å². The first kappa shape index (κ1) is 18.7. The van der Waals surface area contributed by atoms with Crippen LogP contribution in [0.3, 0.4) is 0 Å². The van der Waals surface area contributed by atoms with E-state index in [4.69, 9.17) is 10.3 Å². The van der Waals surface area contributed by atoms with E-state index in [-0.39, 0.29) is 0 Å². The average Bonchev–Trinajstić information content (AvgIpc) is 3.24. The standard InChI is InChI=1S/C22H27N5O/c1-16(2)26-11-13-27(14-12-26)20-9-7-19(8-10-20)22-24-21(25-28-22)18-5-3-17(15-23)4-6-18/h3-10,16H,11-15,23H2,1-2H3. The zero-order valence-corrected chi connectivity index (χ0v) is 16.5. The molecule has 0 unspecified atom stereocenters. The highest BCUT2D eigenvalue weighted by Gasteiger charge is 2.19. The van der Waals surface area contributed by atoms with E-state index >= 15 is 0 Å². The lowest BCUT2D eigenvalue weighted by atomic mass is 10.1. The van der Waals surface area contributed by atoms with Crippen molar-refractivity contribution in [2.75, 3.05) is 31.1 Å². The monoisotopic (exact) mass is 377 g/mol. The number of aromatic nitrogens is 2. The van der Waals surface area contributed by atoms with Gasteiger partial charge in [0.05, 0.1) is 0 Å². The molecule has 0 atom stereocenters. The third-order valence-corrected chi connectivity index (χ3v) is 5.40. The van der Waals surface area contributed by atoms with Crippen molar-refractivity contribution in [3.8, 4) is 22.8 Å². The maximum atomic E-state index is 5.65. The van der Waals surface area contributed by atoms with Gasteiger partial charge in [0, 0.05) is 55.6 Å². The van der Waals surface area contributed by atoms with Gasteiger partial charge in [-0.05, 0) is 43.7 Å². The molecule has 0 radical (unpaired) electrons. The van der Waals surface area contributed by atoms with Crippen LogP contribution < -0.4 is 10.6 Å². The van der Waals surface area contributed by atoms with Crippen LogP contribution in [0.25, 0.3) is 22.8 Å². The predicted molar refractivity (Wildman–Crippen MR) is 112 cm³/mol. The average molecular weight is 377 g/mol. The van der Waals surface area contributed by atoms with Gasteiger partial charge in [-0.2, -0.15) is 4.98 Å². The maximum absolute atomic E-state index is 5.65. The highest BCUT2D eigenvalue weighted by atomic mass is 16.5. The summed E-state index contributed by atoms with van der Waals surface area (Å²) in [6.45, 7) is 9.37. The molecule has 146 valence electrons. The largest absolute Gasteiger partial charge is 0.369 e. The van der Waals surface area contributed by atoms with Crippen LogP contribution >= 0.6 is 0 Å². The fourth-order valence-corrected chi connectivity index (χ4v) is 3.56. The van der Waals surface area contributed by atoms with Gasteiger partial charge in [0.1, 0.15) is 0 Å². The SMILES string of the molecule is CC(C)N1CCN(c2ccc(-c3nc(-c4ccc(CN)cc4)no3)cc2)CC1. The summed E-state index contributed by atoms with van der Waals surface area (Å²) < 4.78 is 5.48. The van der Waals surface area contributed by atoms with E-state index in [1.807, 2.05) is 24.3 Å². The van der Waals surface area contributed by atoms with Gasteiger partial charge in [-0.3, -0.25) is 4.90 Å². The molecule has 28 heavy (non-hydrogen) atoms. The number of benzene rings is 2. The molecule has 2 N–H and O–H groups in total. The first-order valence-electron chi connectivity index (χ1n) is 9.86. The minimum absolute atomic E-state index is 0.524. The summed E-state index contributed by atoms with van der Waals surface area (Å²) in [5, 5.41) is 4.12. The summed E-state index contributed by atoms with van der Waals surface area (Å²) in [7, 11) is 0. The molecule has 6 nitrogen and oxygen atoms in total. The quantitative estimate of drug-likeness (QED) is 0.735. The molecule has 1 aromatic heterocycles. The Morgan fingerprint density at radius 3 is 2.18 bits per heavy atom. The van der Waals surface area contributed by atoms with Crippen LogP contribution in [0.4, 0.5) is 5.69 Å². The van der Waals surface area contributed by atoms with Crippen LogP contribution in [0.5, 0.6) is 0 Å². The van der Waals surface area contributed by atoms with Crippen molar-refractivity contribution >= 4 is 5.69 Å². The van der Waals surface area contributed by atoms with Crippen LogP contribution in [0, 0.1) is 0 Å². The molecule has 2 heterocycles. The van der Waals surface area contributed by atoms with E-state index in [2.05, 4.69) is 58.1 Å². The van der Waals surface area contributed by atoms with Gasteiger partial charge in [0.25, 0.3) is 5.89 Å². The molecular weight excluding hydrogens is 350 g/mol. The molecule has 0 amide bonds. The Morgan fingerprint density at radius 1 is 0.929 bits per heavy atom. The zero-order chi connectivity index (χ0) is 19.5.